The van der Waals surface area contributed by atoms with Crippen molar-refractivity contribution in [2.24, 2.45) is 0 Å². The van der Waals surface area contributed by atoms with Crippen molar-refractivity contribution in [3.05, 3.63) is 58.8 Å². The van der Waals surface area contributed by atoms with Gasteiger partial charge in [-0.05, 0) is 48.4 Å². The number of rotatable bonds is 5. The summed E-state index contributed by atoms with van der Waals surface area (Å²) < 4.78 is 5.73. The molecule has 5 heteroatoms. The van der Waals surface area contributed by atoms with Crippen LogP contribution in [0.25, 0.3) is 6.08 Å². The highest BCUT2D eigenvalue weighted by Gasteiger charge is 2.06. The summed E-state index contributed by atoms with van der Waals surface area (Å²) in [6.45, 7) is 2.01. The summed E-state index contributed by atoms with van der Waals surface area (Å²) in [6, 6.07) is 8.82. The minimum Gasteiger partial charge on any atom is -0.478 e. The molecule has 0 bridgehead atoms. The van der Waals surface area contributed by atoms with Crippen molar-refractivity contribution < 1.29 is 14.6 Å². The third kappa shape index (κ3) is 4.07. The second-order valence-corrected chi connectivity index (χ2v) is 4.69. The van der Waals surface area contributed by atoms with Crippen LogP contribution >= 0.6 is 11.6 Å². The van der Waals surface area contributed by atoms with E-state index in [-0.39, 0.29) is 0 Å². The van der Waals surface area contributed by atoms with Gasteiger partial charge in [-0.3, -0.25) is 0 Å². The van der Waals surface area contributed by atoms with Gasteiger partial charge in [-0.15, -0.1) is 0 Å². The maximum Gasteiger partial charge on any atom is 0.328 e. The average molecular weight is 304 g/mol. The standard InChI is InChI=1S/C16H14ClNO3/c1-2-11-10-13(6-7-14(11)17)21-16-12(4-3-9-18-16)5-8-15(19)20/h3-10H,2H2,1H3,(H,19,20)/b8-5+. The van der Waals surface area contributed by atoms with Gasteiger partial charge in [0.15, 0.2) is 0 Å². The highest BCUT2D eigenvalue weighted by atomic mass is 35.5. The second-order valence-electron chi connectivity index (χ2n) is 4.28. The van der Waals surface area contributed by atoms with Crippen molar-refractivity contribution in [2.75, 3.05) is 0 Å². The molecule has 4 nitrogen and oxygen atoms in total. The van der Waals surface area contributed by atoms with Crippen LogP contribution in [0, 0.1) is 0 Å². The number of aromatic nitrogens is 1. The fourth-order valence-corrected chi connectivity index (χ4v) is 2.02. The maximum atomic E-state index is 10.6. The summed E-state index contributed by atoms with van der Waals surface area (Å²) in [5, 5.41) is 9.38. The van der Waals surface area contributed by atoms with Crippen molar-refractivity contribution in [2.45, 2.75) is 13.3 Å². The van der Waals surface area contributed by atoms with Gasteiger partial charge in [0, 0.05) is 22.9 Å². The number of aliphatic carboxylic acids is 1. The van der Waals surface area contributed by atoms with Gasteiger partial charge in [0.25, 0.3) is 0 Å². The zero-order valence-corrected chi connectivity index (χ0v) is 12.2. The number of halogens is 1. The van der Waals surface area contributed by atoms with Gasteiger partial charge < -0.3 is 9.84 Å². The Labute approximate surface area is 127 Å². The number of pyridine rings is 1. The molecule has 0 radical (unpaired) electrons. The van der Waals surface area contributed by atoms with E-state index >= 15 is 0 Å². The number of carbonyl (C=O) groups is 1. The SMILES string of the molecule is CCc1cc(Oc2ncccc2/C=C/C(=O)O)ccc1Cl. The smallest absolute Gasteiger partial charge is 0.328 e. The molecule has 0 amide bonds. The normalized spacial score (nSPS) is 10.8. The number of aryl methyl sites for hydroxylation is 1. The number of hydrogen-bond donors (Lipinski definition) is 1. The van der Waals surface area contributed by atoms with Crippen molar-refractivity contribution in [1.82, 2.24) is 4.98 Å². The predicted molar refractivity (Wildman–Crippen MR) is 81.8 cm³/mol. The van der Waals surface area contributed by atoms with Crippen molar-refractivity contribution in [3.63, 3.8) is 0 Å². The summed E-state index contributed by atoms with van der Waals surface area (Å²) in [7, 11) is 0. The topological polar surface area (TPSA) is 59.4 Å². The lowest BCUT2D eigenvalue weighted by atomic mass is 10.1. The number of hydrogen-bond acceptors (Lipinski definition) is 3. The van der Waals surface area contributed by atoms with Crippen LogP contribution in [0.2, 0.25) is 5.02 Å². The Bertz CT molecular complexity index is 683. The first kappa shape index (κ1) is 15.1. The van der Waals surface area contributed by atoms with Gasteiger partial charge in [-0.25, -0.2) is 9.78 Å². The van der Waals surface area contributed by atoms with Crippen LogP contribution in [-0.2, 0) is 11.2 Å². The van der Waals surface area contributed by atoms with Gasteiger partial charge in [-0.1, -0.05) is 18.5 Å². The second kappa shape index (κ2) is 6.90. The fourth-order valence-electron chi connectivity index (χ4n) is 1.77. The first-order chi connectivity index (χ1) is 10.1. The molecular formula is C16H14ClNO3. The Morgan fingerprint density at radius 3 is 2.95 bits per heavy atom. The summed E-state index contributed by atoms with van der Waals surface area (Å²) in [5.74, 6) is -0.0659. The molecule has 1 aromatic carbocycles. The van der Waals surface area contributed by atoms with Gasteiger partial charge in [0.05, 0.1) is 0 Å². The van der Waals surface area contributed by atoms with Gasteiger partial charge in [0.1, 0.15) is 5.75 Å². The molecule has 0 fully saturated rings. The monoisotopic (exact) mass is 303 g/mol. The molecule has 0 aliphatic carbocycles. The van der Waals surface area contributed by atoms with E-state index in [0.717, 1.165) is 18.1 Å². The maximum absolute atomic E-state index is 10.6. The van der Waals surface area contributed by atoms with E-state index in [9.17, 15) is 4.79 Å². The van der Waals surface area contributed by atoms with Crippen LogP contribution in [0.4, 0.5) is 0 Å². The molecule has 108 valence electrons. The number of benzene rings is 1. The lowest BCUT2D eigenvalue weighted by Crippen LogP contribution is -1.93. The third-order valence-electron chi connectivity index (χ3n) is 2.82. The number of nitrogens with zero attached hydrogens (tertiary/aromatic N) is 1. The van der Waals surface area contributed by atoms with Crippen LogP contribution in [0.5, 0.6) is 11.6 Å². The van der Waals surface area contributed by atoms with E-state index in [0.29, 0.717) is 22.2 Å². The molecule has 0 atom stereocenters. The van der Waals surface area contributed by atoms with Crippen LogP contribution in [0.15, 0.2) is 42.6 Å². The molecule has 21 heavy (non-hydrogen) atoms. The molecule has 0 saturated carbocycles. The first-order valence-corrected chi connectivity index (χ1v) is 6.80. The predicted octanol–water partition coefficient (Wildman–Crippen LogP) is 4.19. The van der Waals surface area contributed by atoms with E-state index in [1.165, 1.54) is 6.08 Å². The number of ether oxygens (including phenoxy) is 1. The van der Waals surface area contributed by atoms with E-state index in [2.05, 4.69) is 4.98 Å². The first-order valence-electron chi connectivity index (χ1n) is 6.42. The molecule has 2 aromatic rings. The van der Waals surface area contributed by atoms with Crippen LogP contribution in [-0.4, -0.2) is 16.1 Å². The Kier molecular flexibility index (Phi) is 4.95. The largest absolute Gasteiger partial charge is 0.478 e. The molecule has 0 aliphatic rings. The molecule has 0 spiro atoms. The minimum atomic E-state index is -1.02. The van der Waals surface area contributed by atoms with Crippen molar-refractivity contribution >= 4 is 23.6 Å². The molecule has 1 N–H and O–H groups in total. The average Bonchev–Trinajstić information content (AvgIpc) is 2.48. The molecule has 1 aromatic heterocycles. The van der Waals surface area contributed by atoms with E-state index < -0.39 is 5.97 Å². The number of carboxylic acid groups (broad SMARTS) is 1. The molecule has 1 heterocycles. The van der Waals surface area contributed by atoms with E-state index in [4.69, 9.17) is 21.4 Å². The van der Waals surface area contributed by atoms with Gasteiger partial charge >= 0.3 is 5.97 Å². The Morgan fingerprint density at radius 1 is 1.43 bits per heavy atom. The molecule has 0 unspecified atom stereocenters. The van der Waals surface area contributed by atoms with Crippen LogP contribution in [0.1, 0.15) is 18.1 Å². The molecular weight excluding hydrogens is 290 g/mol. The Balaban J connectivity index is 2.29. The summed E-state index contributed by atoms with van der Waals surface area (Å²) in [5.41, 5.74) is 1.57. The third-order valence-corrected chi connectivity index (χ3v) is 3.19. The molecule has 2 rings (SSSR count). The highest BCUT2D eigenvalue weighted by molar-refractivity contribution is 6.31. The van der Waals surface area contributed by atoms with E-state index in [1.54, 1.807) is 30.5 Å². The zero-order chi connectivity index (χ0) is 15.2. The lowest BCUT2D eigenvalue weighted by Gasteiger charge is -2.09. The van der Waals surface area contributed by atoms with Gasteiger partial charge in [-0.2, -0.15) is 0 Å². The summed E-state index contributed by atoms with van der Waals surface area (Å²) in [4.78, 5) is 14.7. The number of carboxylic acids is 1. The van der Waals surface area contributed by atoms with Crippen LogP contribution in [0.3, 0.4) is 0 Å². The summed E-state index contributed by atoms with van der Waals surface area (Å²) >= 11 is 6.07. The Morgan fingerprint density at radius 2 is 2.24 bits per heavy atom. The van der Waals surface area contributed by atoms with Crippen molar-refractivity contribution in [1.29, 1.82) is 0 Å². The summed E-state index contributed by atoms with van der Waals surface area (Å²) in [6.07, 6.45) is 4.87. The van der Waals surface area contributed by atoms with Crippen LogP contribution < -0.4 is 4.74 Å². The molecule has 0 aliphatic heterocycles. The van der Waals surface area contributed by atoms with Gasteiger partial charge in [0.2, 0.25) is 5.88 Å². The highest BCUT2D eigenvalue weighted by Crippen LogP contribution is 2.27. The van der Waals surface area contributed by atoms with Crippen molar-refractivity contribution in [3.8, 4) is 11.6 Å². The minimum absolute atomic E-state index is 0.347. The molecule has 0 saturated heterocycles. The quantitative estimate of drug-likeness (QED) is 0.841. The van der Waals surface area contributed by atoms with E-state index in [1.807, 2.05) is 13.0 Å². The Hall–Kier alpha value is -2.33. The fraction of sp³-hybridized carbons (Fsp3) is 0.125. The zero-order valence-electron chi connectivity index (χ0n) is 11.4. The lowest BCUT2D eigenvalue weighted by molar-refractivity contribution is -0.131.